The lowest BCUT2D eigenvalue weighted by Crippen LogP contribution is -2.30. The molecule has 1 N–H and O–H groups in total. The van der Waals surface area contributed by atoms with Crippen LogP contribution in [0.1, 0.15) is 5.56 Å². The highest BCUT2D eigenvalue weighted by Gasteiger charge is 2.40. The van der Waals surface area contributed by atoms with Gasteiger partial charge in [0, 0.05) is 25.9 Å². The third kappa shape index (κ3) is 5.48. The van der Waals surface area contributed by atoms with E-state index in [0.29, 0.717) is 27.8 Å². The molecule has 1 aliphatic rings. The van der Waals surface area contributed by atoms with Crippen molar-refractivity contribution in [3.05, 3.63) is 103 Å². The molecule has 0 saturated carbocycles. The summed E-state index contributed by atoms with van der Waals surface area (Å²) in [6.07, 6.45) is 0.401. The second-order valence-electron chi connectivity index (χ2n) is 7.34. The van der Waals surface area contributed by atoms with E-state index in [0.717, 1.165) is 10.0 Å². The Labute approximate surface area is 219 Å². The van der Waals surface area contributed by atoms with Gasteiger partial charge in [0.15, 0.2) is 0 Å². The number of rotatable bonds is 5. The lowest BCUT2D eigenvalue weighted by Gasteiger charge is -2.19. The Kier molecular flexibility index (Phi) is 7.64. The summed E-state index contributed by atoms with van der Waals surface area (Å²) in [5.41, 5.74) is 1.79. The van der Waals surface area contributed by atoms with Crippen LogP contribution < -0.4 is 10.2 Å². The molecule has 2 amide bonds. The maximum atomic E-state index is 13.5. The van der Waals surface area contributed by atoms with Crippen molar-refractivity contribution in [3.63, 3.8) is 0 Å². The van der Waals surface area contributed by atoms with E-state index in [1.54, 1.807) is 60.7 Å². The van der Waals surface area contributed by atoms with E-state index in [2.05, 4.69) is 21.2 Å². The highest BCUT2D eigenvalue weighted by atomic mass is 79.9. The van der Waals surface area contributed by atoms with Gasteiger partial charge in [-0.3, -0.25) is 14.5 Å². The monoisotopic (exact) mass is 571 g/mol. The van der Waals surface area contributed by atoms with Crippen molar-refractivity contribution in [1.82, 2.24) is 0 Å². The zero-order valence-electron chi connectivity index (χ0n) is 17.5. The number of hydrogen-bond donors (Lipinski definition) is 1. The van der Waals surface area contributed by atoms with Crippen molar-refractivity contribution in [2.75, 3.05) is 10.2 Å². The Balaban J connectivity index is 1.72. The third-order valence-corrected chi connectivity index (χ3v) is 7.28. The van der Waals surface area contributed by atoms with Crippen molar-refractivity contribution < 1.29 is 9.59 Å². The Hall–Kier alpha value is -2.76. The van der Waals surface area contributed by atoms with Gasteiger partial charge in [-0.05, 0) is 72.6 Å². The number of amides is 2. The van der Waals surface area contributed by atoms with Crippen LogP contribution in [0.4, 0.5) is 11.4 Å². The van der Waals surface area contributed by atoms with Crippen LogP contribution in [-0.2, 0) is 16.0 Å². The largest absolute Gasteiger partial charge is 0.321 e. The molecule has 0 unspecified atom stereocenters. The number of halogens is 3. The predicted octanol–water partition coefficient (Wildman–Crippen LogP) is 6.82. The first-order valence-corrected chi connectivity index (χ1v) is 12.5. The van der Waals surface area contributed by atoms with E-state index >= 15 is 0 Å². The first-order valence-electron chi connectivity index (χ1n) is 10.1. The summed E-state index contributed by atoms with van der Waals surface area (Å²) in [6, 6.07) is 23.0. The molecule has 9 heteroatoms. The number of nitriles is 1. The summed E-state index contributed by atoms with van der Waals surface area (Å²) in [5, 5.41) is 13.5. The van der Waals surface area contributed by atoms with Gasteiger partial charge in [0.25, 0.3) is 5.91 Å². The fourth-order valence-corrected chi connectivity index (χ4v) is 5.33. The van der Waals surface area contributed by atoms with Gasteiger partial charge in [0.05, 0.1) is 5.25 Å². The average molecular weight is 573 g/mol. The second kappa shape index (κ2) is 10.7. The Morgan fingerprint density at radius 3 is 2.41 bits per heavy atom. The molecule has 4 rings (SSSR count). The normalized spacial score (nSPS) is 16.8. The second-order valence-corrected chi connectivity index (χ2v) is 10.3. The molecule has 0 bridgehead atoms. The van der Waals surface area contributed by atoms with Gasteiger partial charge in [0.1, 0.15) is 16.7 Å². The van der Waals surface area contributed by atoms with Gasteiger partial charge in [0.2, 0.25) is 5.91 Å². The average Bonchev–Trinajstić information content (AvgIpc) is 3.12. The zero-order chi connectivity index (χ0) is 24.2. The molecule has 34 heavy (non-hydrogen) atoms. The van der Waals surface area contributed by atoms with Gasteiger partial charge in [-0.1, -0.05) is 63.0 Å². The SMILES string of the molecule is N#C/C(C(=O)Nc1ccc(Cl)cc1)=C1/S[C@H](Cc2cccc(Cl)c2)C(=O)N1c1ccc(Br)cc1. The fourth-order valence-electron chi connectivity index (χ4n) is 3.42. The zero-order valence-corrected chi connectivity index (χ0v) is 21.4. The Bertz CT molecular complexity index is 1320. The molecule has 1 saturated heterocycles. The van der Waals surface area contributed by atoms with Crippen LogP contribution in [0, 0.1) is 11.3 Å². The standard InChI is InChI=1S/C25H16BrCl2N3O2S/c26-16-4-10-20(11-5-16)31-24(33)22(13-15-2-1-3-18(28)12-15)34-25(31)21(14-29)23(32)30-19-8-6-17(27)7-9-19/h1-12,22H,13H2,(H,30,32)/b25-21-/t22-/m1/s1. The van der Waals surface area contributed by atoms with Crippen molar-refractivity contribution in [2.24, 2.45) is 0 Å². The van der Waals surface area contributed by atoms with Crippen LogP contribution in [0.15, 0.2) is 87.9 Å². The van der Waals surface area contributed by atoms with Crippen molar-refractivity contribution >= 4 is 74.1 Å². The highest BCUT2D eigenvalue weighted by Crippen LogP contribution is 2.42. The molecule has 3 aromatic rings. The first-order chi connectivity index (χ1) is 16.4. The number of nitrogens with zero attached hydrogens (tertiary/aromatic N) is 2. The summed E-state index contributed by atoms with van der Waals surface area (Å²) in [5.74, 6) is -0.819. The fraction of sp³-hybridized carbons (Fsp3) is 0.0800. The number of nitrogens with one attached hydrogen (secondary N) is 1. The minimum Gasteiger partial charge on any atom is -0.321 e. The smallest absolute Gasteiger partial charge is 0.269 e. The summed E-state index contributed by atoms with van der Waals surface area (Å²) in [6.45, 7) is 0. The molecule has 0 spiro atoms. The minimum atomic E-state index is -0.606. The van der Waals surface area contributed by atoms with Crippen molar-refractivity contribution in [2.45, 2.75) is 11.7 Å². The maximum absolute atomic E-state index is 13.5. The van der Waals surface area contributed by atoms with Gasteiger partial charge in [-0.15, -0.1) is 0 Å². The highest BCUT2D eigenvalue weighted by molar-refractivity contribution is 9.10. The van der Waals surface area contributed by atoms with Gasteiger partial charge in [-0.2, -0.15) is 5.26 Å². The molecule has 1 aliphatic heterocycles. The number of anilines is 2. The van der Waals surface area contributed by atoms with Crippen LogP contribution in [-0.4, -0.2) is 17.1 Å². The van der Waals surface area contributed by atoms with Gasteiger partial charge in [-0.25, -0.2) is 0 Å². The van der Waals surface area contributed by atoms with E-state index in [1.165, 1.54) is 16.7 Å². The molecule has 0 radical (unpaired) electrons. The topological polar surface area (TPSA) is 73.2 Å². The molecule has 0 aliphatic carbocycles. The van der Waals surface area contributed by atoms with Crippen LogP contribution in [0.2, 0.25) is 10.0 Å². The molecular weight excluding hydrogens is 557 g/mol. The molecule has 3 aromatic carbocycles. The van der Waals surface area contributed by atoms with Crippen molar-refractivity contribution in [1.29, 1.82) is 5.26 Å². The summed E-state index contributed by atoms with van der Waals surface area (Å²) in [7, 11) is 0. The van der Waals surface area contributed by atoms with E-state index in [-0.39, 0.29) is 16.5 Å². The van der Waals surface area contributed by atoms with Crippen LogP contribution in [0.5, 0.6) is 0 Å². The lowest BCUT2D eigenvalue weighted by atomic mass is 10.1. The molecule has 1 fully saturated rings. The molecule has 0 aromatic heterocycles. The summed E-state index contributed by atoms with van der Waals surface area (Å²) < 4.78 is 0.845. The number of benzene rings is 3. The van der Waals surface area contributed by atoms with E-state index < -0.39 is 11.2 Å². The third-order valence-electron chi connectivity index (χ3n) is 5.00. The van der Waals surface area contributed by atoms with Crippen LogP contribution in [0.3, 0.4) is 0 Å². The first kappa shape index (κ1) is 24.4. The van der Waals surface area contributed by atoms with Gasteiger partial charge >= 0.3 is 0 Å². The molecule has 1 atom stereocenters. The number of hydrogen-bond acceptors (Lipinski definition) is 4. The summed E-state index contributed by atoms with van der Waals surface area (Å²) in [4.78, 5) is 28.0. The lowest BCUT2D eigenvalue weighted by molar-refractivity contribution is -0.117. The summed E-state index contributed by atoms with van der Waals surface area (Å²) >= 11 is 16.6. The molecule has 1 heterocycles. The van der Waals surface area contributed by atoms with E-state index in [9.17, 15) is 14.9 Å². The van der Waals surface area contributed by atoms with Crippen LogP contribution >= 0.6 is 50.9 Å². The van der Waals surface area contributed by atoms with Crippen LogP contribution in [0.25, 0.3) is 0 Å². The van der Waals surface area contributed by atoms with Gasteiger partial charge < -0.3 is 5.32 Å². The predicted molar refractivity (Wildman–Crippen MR) is 141 cm³/mol. The quantitative estimate of drug-likeness (QED) is 0.269. The van der Waals surface area contributed by atoms with Crippen molar-refractivity contribution in [3.8, 4) is 6.07 Å². The minimum absolute atomic E-state index is 0.148. The molecule has 5 nitrogen and oxygen atoms in total. The molecule has 170 valence electrons. The molecular formula is C25H16BrCl2N3O2S. The maximum Gasteiger partial charge on any atom is 0.269 e. The number of carbonyl (C=O) groups is 2. The number of carbonyl (C=O) groups excluding carboxylic acids is 2. The number of thioether (sulfide) groups is 1. The Morgan fingerprint density at radius 1 is 1.06 bits per heavy atom. The Morgan fingerprint density at radius 2 is 1.76 bits per heavy atom. The van der Waals surface area contributed by atoms with E-state index in [1.807, 2.05) is 18.2 Å². The van der Waals surface area contributed by atoms with E-state index in [4.69, 9.17) is 23.2 Å².